The van der Waals surface area contributed by atoms with Crippen LogP contribution in [0.3, 0.4) is 0 Å². The Bertz CT molecular complexity index is 1220. The van der Waals surface area contributed by atoms with Gasteiger partial charge in [0.15, 0.2) is 0 Å². The normalized spacial score (nSPS) is 19.7. The molecule has 8 heteroatoms. The number of non-ortho nitro benzene ring substituents is 1. The zero-order valence-electron chi connectivity index (χ0n) is 16.3. The van der Waals surface area contributed by atoms with Crippen LogP contribution in [0.15, 0.2) is 87.7 Å². The van der Waals surface area contributed by atoms with Crippen LogP contribution in [0.25, 0.3) is 0 Å². The van der Waals surface area contributed by atoms with E-state index in [-0.39, 0.29) is 16.3 Å². The molecule has 0 heterocycles. The molecule has 0 aliphatic heterocycles. The van der Waals surface area contributed by atoms with Crippen LogP contribution >= 0.6 is 0 Å². The van der Waals surface area contributed by atoms with Crippen molar-refractivity contribution < 1.29 is 18.1 Å². The zero-order valence-corrected chi connectivity index (χ0v) is 17.1. The van der Waals surface area contributed by atoms with Crippen molar-refractivity contribution in [3.63, 3.8) is 0 Å². The Labute approximate surface area is 174 Å². The van der Waals surface area contributed by atoms with E-state index in [1.165, 1.54) is 0 Å². The van der Waals surface area contributed by atoms with Gasteiger partial charge < -0.3 is 4.74 Å². The third kappa shape index (κ3) is 4.89. The first-order valence-electron chi connectivity index (χ1n) is 8.86. The van der Waals surface area contributed by atoms with Crippen molar-refractivity contribution in [2.24, 2.45) is 4.40 Å². The predicted octanol–water partition coefficient (Wildman–Crippen LogP) is 3.68. The highest BCUT2D eigenvalue weighted by Gasteiger charge is 2.25. The van der Waals surface area contributed by atoms with Gasteiger partial charge in [-0.25, -0.2) is 0 Å². The molecule has 0 saturated heterocycles. The molecular weight excluding hydrogens is 404 g/mol. The lowest BCUT2D eigenvalue weighted by Gasteiger charge is -2.24. The largest absolute Gasteiger partial charge is 0.370 e. The Balaban J connectivity index is 2.02. The van der Waals surface area contributed by atoms with Gasteiger partial charge in [0.05, 0.1) is 21.1 Å². The number of ether oxygens (including phenoxy) is 1. The molecule has 0 fully saturated rings. The standard InChI is InChI=1S/C22H18N2O5S/c1-22(29-2)15-14-21(18(16-22)9-8-17-6-4-3-5-7-17)23-30(27,28)20-12-10-19(11-13-20)24(25)26/h3-7,10-16H,1-2H3/b23-21+. The molecule has 152 valence electrons. The molecule has 1 atom stereocenters. The van der Waals surface area contributed by atoms with E-state index in [4.69, 9.17) is 4.74 Å². The number of nitro benzene ring substituents is 1. The van der Waals surface area contributed by atoms with Crippen molar-refractivity contribution in [1.82, 2.24) is 0 Å². The van der Waals surface area contributed by atoms with Crippen LogP contribution in [0.1, 0.15) is 12.5 Å². The molecule has 30 heavy (non-hydrogen) atoms. The fourth-order valence-electron chi connectivity index (χ4n) is 2.63. The van der Waals surface area contributed by atoms with E-state index in [0.717, 1.165) is 29.8 Å². The Morgan fingerprint density at radius 3 is 2.33 bits per heavy atom. The maximum Gasteiger partial charge on any atom is 0.282 e. The quantitative estimate of drug-likeness (QED) is 0.425. The molecule has 7 nitrogen and oxygen atoms in total. The van der Waals surface area contributed by atoms with Gasteiger partial charge in [0.2, 0.25) is 0 Å². The molecule has 1 aliphatic carbocycles. The lowest BCUT2D eigenvalue weighted by molar-refractivity contribution is -0.384. The van der Waals surface area contributed by atoms with Crippen molar-refractivity contribution in [3.8, 4) is 11.8 Å². The zero-order chi connectivity index (χ0) is 21.8. The second-order valence-corrected chi connectivity index (χ2v) is 8.20. The maximum atomic E-state index is 12.7. The number of sulfonamides is 1. The minimum atomic E-state index is -4.10. The highest BCUT2D eigenvalue weighted by Crippen LogP contribution is 2.24. The second-order valence-electron chi connectivity index (χ2n) is 6.60. The minimum absolute atomic E-state index is 0.149. The molecule has 0 bridgehead atoms. The Kier molecular flexibility index (Phi) is 5.96. The van der Waals surface area contributed by atoms with Crippen LogP contribution in [-0.2, 0) is 14.8 Å². The predicted molar refractivity (Wildman–Crippen MR) is 114 cm³/mol. The van der Waals surface area contributed by atoms with Gasteiger partial charge in [-0.1, -0.05) is 30.0 Å². The van der Waals surface area contributed by atoms with Gasteiger partial charge in [-0.05, 0) is 49.4 Å². The van der Waals surface area contributed by atoms with Crippen molar-refractivity contribution in [3.05, 3.63) is 94.1 Å². The lowest BCUT2D eigenvalue weighted by atomic mass is 9.93. The summed E-state index contributed by atoms with van der Waals surface area (Å²) < 4.78 is 34.8. The highest BCUT2D eigenvalue weighted by molar-refractivity contribution is 7.90. The Morgan fingerprint density at radius 1 is 1.07 bits per heavy atom. The summed E-state index contributed by atoms with van der Waals surface area (Å²) in [6.45, 7) is 1.81. The number of nitrogens with zero attached hydrogens (tertiary/aromatic N) is 2. The first-order valence-corrected chi connectivity index (χ1v) is 10.3. The Morgan fingerprint density at radius 2 is 1.73 bits per heavy atom. The van der Waals surface area contributed by atoms with Gasteiger partial charge >= 0.3 is 0 Å². The number of allylic oxidation sites excluding steroid dienone is 2. The van der Waals surface area contributed by atoms with Gasteiger partial charge in [-0.2, -0.15) is 12.8 Å². The monoisotopic (exact) mass is 422 g/mol. The summed E-state index contributed by atoms with van der Waals surface area (Å²) in [7, 11) is -2.56. The molecule has 2 aromatic rings. The summed E-state index contributed by atoms with van der Waals surface area (Å²) in [5.74, 6) is 5.96. The van der Waals surface area contributed by atoms with E-state index in [1.807, 2.05) is 37.3 Å². The molecule has 0 amide bonds. The average molecular weight is 422 g/mol. The molecule has 0 spiro atoms. The third-order valence-corrected chi connectivity index (χ3v) is 5.70. The summed E-state index contributed by atoms with van der Waals surface area (Å²) >= 11 is 0. The third-order valence-electron chi connectivity index (χ3n) is 4.40. The summed E-state index contributed by atoms with van der Waals surface area (Å²) in [6, 6.07) is 13.8. The molecule has 1 aliphatic rings. The molecule has 0 aromatic heterocycles. The van der Waals surface area contributed by atoms with Gasteiger partial charge in [0, 0.05) is 24.8 Å². The fourth-order valence-corrected chi connectivity index (χ4v) is 3.64. The number of benzene rings is 2. The second kappa shape index (κ2) is 8.45. The van der Waals surface area contributed by atoms with Gasteiger partial charge in [-0.3, -0.25) is 10.1 Å². The molecule has 0 N–H and O–H groups in total. The number of methoxy groups -OCH3 is 1. The van der Waals surface area contributed by atoms with Crippen molar-refractivity contribution in [2.45, 2.75) is 17.4 Å². The van der Waals surface area contributed by atoms with Crippen LogP contribution < -0.4 is 0 Å². The van der Waals surface area contributed by atoms with E-state index in [1.54, 1.807) is 25.3 Å². The van der Waals surface area contributed by atoms with E-state index < -0.39 is 20.5 Å². The van der Waals surface area contributed by atoms with Gasteiger partial charge in [0.1, 0.15) is 5.60 Å². The first-order chi connectivity index (χ1) is 14.2. The lowest BCUT2D eigenvalue weighted by Crippen LogP contribution is -2.26. The Hall–Kier alpha value is -3.54. The smallest absolute Gasteiger partial charge is 0.282 e. The number of hydrogen-bond donors (Lipinski definition) is 0. The van der Waals surface area contributed by atoms with E-state index in [2.05, 4.69) is 16.2 Å². The SMILES string of the molecule is COC1(C)C=C/C(=N\S(=O)(=O)c2ccc([N+](=O)[O-])cc2)C(C#Cc2ccccc2)=C1. The number of nitro groups is 1. The molecule has 0 radical (unpaired) electrons. The number of hydrogen-bond acceptors (Lipinski definition) is 5. The molecule has 2 aromatic carbocycles. The van der Waals surface area contributed by atoms with Crippen LogP contribution in [0.2, 0.25) is 0 Å². The van der Waals surface area contributed by atoms with Crippen LogP contribution in [0, 0.1) is 22.0 Å². The molecule has 0 saturated carbocycles. The average Bonchev–Trinajstić information content (AvgIpc) is 2.74. The van der Waals surface area contributed by atoms with Crippen LogP contribution in [0.5, 0.6) is 0 Å². The molecule has 3 rings (SSSR count). The summed E-state index contributed by atoms with van der Waals surface area (Å²) in [5, 5.41) is 10.8. The summed E-state index contributed by atoms with van der Waals surface area (Å²) in [4.78, 5) is 10.0. The van der Waals surface area contributed by atoms with Crippen molar-refractivity contribution in [1.29, 1.82) is 0 Å². The maximum absolute atomic E-state index is 12.7. The number of rotatable bonds is 4. The molecule has 1 unspecified atom stereocenters. The van der Waals surface area contributed by atoms with Gasteiger partial charge in [0.25, 0.3) is 15.7 Å². The van der Waals surface area contributed by atoms with Crippen molar-refractivity contribution in [2.75, 3.05) is 7.11 Å². The fraction of sp³-hybridized carbons (Fsp3) is 0.136. The summed E-state index contributed by atoms with van der Waals surface area (Å²) in [6.07, 6.45) is 4.93. The van der Waals surface area contributed by atoms with Crippen molar-refractivity contribution >= 4 is 21.4 Å². The van der Waals surface area contributed by atoms with E-state index >= 15 is 0 Å². The van der Waals surface area contributed by atoms with Crippen LogP contribution in [-0.4, -0.2) is 31.8 Å². The minimum Gasteiger partial charge on any atom is -0.370 e. The topological polar surface area (TPSA) is 98.9 Å². The summed E-state index contributed by atoms with van der Waals surface area (Å²) in [5.41, 5.74) is 0.369. The van der Waals surface area contributed by atoms with Gasteiger partial charge in [-0.15, -0.1) is 0 Å². The molecular formula is C22H18N2O5S. The van der Waals surface area contributed by atoms with E-state index in [0.29, 0.717) is 5.57 Å². The van der Waals surface area contributed by atoms with E-state index in [9.17, 15) is 18.5 Å². The van der Waals surface area contributed by atoms with Crippen LogP contribution in [0.4, 0.5) is 5.69 Å². The highest BCUT2D eigenvalue weighted by atomic mass is 32.2. The first kappa shape index (κ1) is 21.2.